The molecule has 1 N–H and O–H groups in total. The summed E-state index contributed by atoms with van der Waals surface area (Å²) in [4.78, 5) is 14.1. The van der Waals surface area contributed by atoms with E-state index >= 15 is 0 Å². The van der Waals surface area contributed by atoms with Gasteiger partial charge in [-0.25, -0.2) is 4.79 Å². The molecule has 2 rings (SSSR count). The molecule has 0 aromatic heterocycles. The van der Waals surface area contributed by atoms with E-state index in [4.69, 9.17) is 4.74 Å². The minimum Gasteiger partial charge on any atom is -0.465 e. The summed E-state index contributed by atoms with van der Waals surface area (Å²) >= 11 is 0. The van der Waals surface area contributed by atoms with Gasteiger partial charge in [0.1, 0.15) is 0 Å². The van der Waals surface area contributed by atoms with Crippen molar-refractivity contribution in [2.45, 2.75) is 32.4 Å². The average molecular weight is 313 g/mol. The lowest BCUT2D eigenvalue weighted by Crippen LogP contribution is -2.36. The summed E-state index contributed by atoms with van der Waals surface area (Å²) < 4.78 is 4.78. The van der Waals surface area contributed by atoms with Crippen molar-refractivity contribution in [1.82, 2.24) is 10.2 Å². The summed E-state index contributed by atoms with van der Waals surface area (Å²) in [5.41, 5.74) is 1.80. The highest BCUT2D eigenvalue weighted by molar-refractivity contribution is 5.89. The molecule has 0 spiro atoms. The van der Waals surface area contributed by atoms with Crippen LogP contribution in [0.25, 0.3) is 0 Å². The number of methoxy groups -OCH3 is 1. The Balaban J connectivity index is 0.00000220. The van der Waals surface area contributed by atoms with Gasteiger partial charge in [0.2, 0.25) is 0 Å². The van der Waals surface area contributed by atoms with Crippen LogP contribution in [0.1, 0.15) is 35.7 Å². The summed E-state index contributed by atoms with van der Waals surface area (Å²) in [7, 11) is 1.42. The first-order chi connectivity index (χ1) is 9.74. The number of hydrogen-bond acceptors (Lipinski definition) is 4. The molecular formula is C16H25ClN2O2. The van der Waals surface area contributed by atoms with Gasteiger partial charge in [0.05, 0.1) is 12.7 Å². The average Bonchev–Trinajstić information content (AvgIpc) is 3.00. The van der Waals surface area contributed by atoms with Crippen LogP contribution in [0.2, 0.25) is 0 Å². The van der Waals surface area contributed by atoms with Crippen molar-refractivity contribution in [3.8, 4) is 0 Å². The van der Waals surface area contributed by atoms with Gasteiger partial charge in [-0.3, -0.25) is 4.90 Å². The van der Waals surface area contributed by atoms with Gasteiger partial charge in [-0.1, -0.05) is 19.1 Å². The van der Waals surface area contributed by atoms with Crippen LogP contribution in [0.5, 0.6) is 0 Å². The maximum Gasteiger partial charge on any atom is 0.337 e. The van der Waals surface area contributed by atoms with Crippen molar-refractivity contribution in [3.05, 3.63) is 35.4 Å². The van der Waals surface area contributed by atoms with Crippen LogP contribution in [-0.4, -0.2) is 43.7 Å². The van der Waals surface area contributed by atoms with Crippen LogP contribution in [0.3, 0.4) is 0 Å². The van der Waals surface area contributed by atoms with Crippen molar-refractivity contribution in [3.63, 3.8) is 0 Å². The second kappa shape index (κ2) is 9.03. The van der Waals surface area contributed by atoms with Crippen molar-refractivity contribution in [2.24, 2.45) is 0 Å². The number of hydrogen-bond donors (Lipinski definition) is 1. The predicted molar refractivity (Wildman–Crippen MR) is 87.0 cm³/mol. The highest BCUT2D eigenvalue weighted by Crippen LogP contribution is 2.15. The van der Waals surface area contributed by atoms with Crippen LogP contribution < -0.4 is 5.32 Å². The molecule has 0 radical (unpaired) electrons. The number of ether oxygens (including phenoxy) is 1. The molecule has 0 saturated carbocycles. The molecule has 1 aliphatic heterocycles. The maximum absolute atomic E-state index is 11.6. The Hall–Kier alpha value is -1.10. The quantitative estimate of drug-likeness (QED) is 0.819. The lowest BCUT2D eigenvalue weighted by atomic mass is 10.1. The normalized spacial score (nSPS) is 17.6. The van der Waals surface area contributed by atoms with Crippen LogP contribution >= 0.6 is 12.4 Å². The van der Waals surface area contributed by atoms with E-state index in [-0.39, 0.29) is 18.4 Å². The standard InChI is InChI=1S/C16H24N2O2.ClH/c1-3-9-18(15-7-8-17-11-15)12-13-5-4-6-14(10-13)16(19)20-2;/h4-6,10,15,17H,3,7-9,11-12H2,1-2H3;1H. The van der Waals surface area contributed by atoms with E-state index in [1.807, 2.05) is 12.1 Å². The van der Waals surface area contributed by atoms with Crippen molar-refractivity contribution < 1.29 is 9.53 Å². The van der Waals surface area contributed by atoms with E-state index in [0.29, 0.717) is 11.6 Å². The third-order valence-electron chi connectivity index (χ3n) is 3.80. The number of nitrogens with zero attached hydrogens (tertiary/aromatic N) is 1. The molecule has 4 nitrogen and oxygen atoms in total. The van der Waals surface area contributed by atoms with Crippen LogP contribution in [0, 0.1) is 0 Å². The van der Waals surface area contributed by atoms with Crippen LogP contribution in [0.4, 0.5) is 0 Å². The van der Waals surface area contributed by atoms with Crippen LogP contribution in [-0.2, 0) is 11.3 Å². The second-order valence-electron chi connectivity index (χ2n) is 5.31. The summed E-state index contributed by atoms with van der Waals surface area (Å²) in [5.74, 6) is -0.267. The summed E-state index contributed by atoms with van der Waals surface area (Å²) in [6.45, 7) is 6.36. The highest BCUT2D eigenvalue weighted by Gasteiger charge is 2.21. The zero-order valence-corrected chi connectivity index (χ0v) is 13.6. The lowest BCUT2D eigenvalue weighted by molar-refractivity contribution is 0.0600. The zero-order valence-electron chi connectivity index (χ0n) is 12.8. The fourth-order valence-electron chi connectivity index (χ4n) is 2.78. The number of carbonyl (C=O) groups excluding carboxylic acids is 1. The number of benzene rings is 1. The first-order valence-electron chi connectivity index (χ1n) is 7.36. The molecule has 0 bridgehead atoms. The highest BCUT2D eigenvalue weighted by atomic mass is 35.5. The molecule has 5 heteroatoms. The molecule has 1 aliphatic rings. The Labute approximate surface area is 133 Å². The van der Waals surface area contributed by atoms with Crippen molar-refractivity contribution >= 4 is 18.4 Å². The first-order valence-corrected chi connectivity index (χ1v) is 7.36. The van der Waals surface area contributed by atoms with E-state index in [1.165, 1.54) is 19.1 Å². The largest absolute Gasteiger partial charge is 0.465 e. The van der Waals surface area contributed by atoms with Gasteiger partial charge in [-0.15, -0.1) is 12.4 Å². The number of nitrogens with one attached hydrogen (secondary N) is 1. The Bertz CT molecular complexity index is 448. The molecular weight excluding hydrogens is 288 g/mol. The smallest absolute Gasteiger partial charge is 0.337 e. The molecule has 118 valence electrons. The molecule has 1 saturated heterocycles. The van der Waals surface area contributed by atoms with Crippen molar-refractivity contribution in [2.75, 3.05) is 26.7 Å². The van der Waals surface area contributed by atoms with Crippen LogP contribution in [0.15, 0.2) is 24.3 Å². The van der Waals surface area contributed by atoms with E-state index in [0.717, 1.165) is 32.6 Å². The minimum absolute atomic E-state index is 0. The van der Waals surface area contributed by atoms with Gasteiger partial charge in [0.25, 0.3) is 0 Å². The number of carbonyl (C=O) groups is 1. The zero-order chi connectivity index (χ0) is 14.4. The maximum atomic E-state index is 11.6. The van der Waals surface area contributed by atoms with Gasteiger partial charge in [-0.2, -0.15) is 0 Å². The third kappa shape index (κ3) is 4.99. The summed E-state index contributed by atoms with van der Waals surface area (Å²) in [6, 6.07) is 8.36. The van der Waals surface area contributed by atoms with Crippen molar-refractivity contribution in [1.29, 1.82) is 0 Å². The molecule has 1 aromatic rings. The van der Waals surface area contributed by atoms with E-state index < -0.39 is 0 Å². The third-order valence-corrected chi connectivity index (χ3v) is 3.80. The van der Waals surface area contributed by atoms with Gasteiger partial charge < -0.3 is 10.1 Å². The second-order valence-corrected chi connectivity index (χ2v) is 5.31. The molecule has 0 amide bonds. The summed E-state index contributed by atoms with van der Waals surface area (Å²) in [5, 5.41) is 3.42. The molecule has 21 heavy (non-hydrogen) atoms. The topological polar surface area (TPSA) is 41.6 Å². The first kappa shape index (κ1) is 18.0. The number of esters is 1. The molecule has 1 heterocycles. The van der Waals surface area contributed by atoms with Gasteiger partial charge >= 0.3 is 5.97 Å². The molecule has 1 aromatic carbocycles. The monoisotopic (exact) mass is 312 g/mol. The molecule has 1 atom stereocenters. The van der Waals surface area contributed by atoms with E-state index in [1.54, 1.807) is 6.07 Å². The lowest BCUT2D eigenvalue weighted by Gasteiger charge is -2.28. The summed E-state index contributed by atoms with van der Waals surface area (Å²) in [6.07, 6.45) is 2.35. The predicted octanol–water partition coefficient (Wildman–Crippen LogP) is 2.47. The Kier molecular flexibility index (Phi) is 7.72. The Morgan fingerprint density at radius 2 is 2.29 bits per heavy atom. The molecule has 0 aliphatic carbocycles. The fourth-order valence-corrected chi connectivity index (χ4v) is 2.78. The molecule has 1 fully saturated rings. The van der Waals surface area contributed by atoms with E-state index in [9.17, 15) is 4.79 Å². The Morgan fingerprint density at radius 1 is 1.48 bits per heavy atom. The SMILES string of the molecule is CCCN(Cc1cccc(C(=O)OC)c1)C1CCNC1.Cl. The minimum atomic E-state index is -0.267. The van der Waals surface area contributed by atoms with Gasteiger partial charge in [-0.05, 0) is 43.6 Å². The molecule has 1 unspecified atom stereocenters. The Morgan fingerprint density at radius 3 is 2.90 bits per heavy atom. The van der Waals surface area contributed by atoms with Gasteiger partial charge in [0, 0.05) is 19.1 Å². The van der Waals surface area contributed by atoms with Gasteiger partial charge in [0.15, 0.2) is 0 Å². The number of rotatable bonds is 6. The number of halogens is 1. The fraction of sp³-hybridized carbons (Fsp3) is 0.562. The van der Waals surface area contributed by atoms with E-state index in [2.05, 4.69) is 23.2 Å².